The van der Waals surface area contributed by atoms with Gasteiger partial charge in [0.1, 0.15) is 0 Å². The van der Waals surface area contributed by atoms with Crippen LogP contribution in [0, 0.1) is 6.92 Å². The average Bonchev–Trinajstić information content (AvgIpc) is 3.06. The van der Waals surface area contributed by atoms with Crippen molar-refractivity contribution in [1.29, 1.82) is 0 Å². The van der Waals surface area contributed by atoms with E-state index in [4.69, 9.17) is 0 Å². The van der Waals surface area contributed by atoms with Crippen LogP contribution in [0.1, 0.15) is 16.7 Å². The Bertz CT molecular complexity index is 1180. The van der Waals surface area contributed by atoms with E-state index < -0.39 is 10.0 Å². The minimum Gasteiger partial charge on any atom is -0.325 e. The van der Waals surface area contributed by atoms with E-state index in [1.165, 1.54) is 23.7 Å². The minimum atomic E-state index is -3.72. The van der Waals surface area contributed by atoms with E-state index in [9.17, 15) is 13.2 Å². The van der Waals surface area contributed by atoms with Crippen LogP contribution in [0.5, 0.6) is 0 Å². The van der Waals surface area contributed by atoms with E-state index in [1.54, 1.807) is 24.3 Å². The first-order chi connectivity index (χ1) is 13.8. The SMILES string of the molecule is Cc1ccc(S(=O)(=O)N(C)CC(=O)Nc2ccc3c(c2)Cc2ccccc2-3)cc1. The van der Waals surface area contributed by atoms with Gasteiger partial charge in [0.2, 0.25) is 15.9 Å². The lowest BCUT2D eigenvalue weighted by atomic mass is 10.1. The summed E-state index contributed by atoms with van der Waals surface area (Å²) < 4.78 is 26.4. The predicted molar refractivity (Wildman–Crippen MR) is 114 cm³/mol. The molecule has 148 valence electrons. The molecule has 1 amide bonds. The predicted octanol–water partition coefficient (Wildman–Crippen LogP) is 3.83. The van der Waals surface area contributed by atoms with Gasteiger partial charge in [-0.25, -0.2) is 8.42 Å². The fourth-order valence-corrected chi connectivity index (χ4v) is 4.73. The summed E-state index contributed by atoms with van der Waals surface area (Å²) in [7, 11) is -2.31. The van der Waals surface area contributed by atoms with Crippen LogP contribution in [0.4, 0.5) is 5.69 Å². The van der Waals surface area contributed by atoms with E-state index in [0.29, 0.717) is 5.69 Å². The van der Waals surface area contributed by atoms with Crippen molar-refractivity contribution in [2.45, 2.75) is 18.2 Å². The largest absolute Gasteiger partial charge is 0.325 e. The number of benzene rings is 3. The smallest absolute Gasteiger partial charge is 0.243 e. The van der Waals surface area contributed by atoms with Gasteiger partial charge in [0.15, 0.2) is 0 Å². The minimum absolute atomic E-state index is 0.175. The molecule has 4 rings (SSSR count). The molecule has 0 unspecified atom stereocenters. The van der Waals surface area contributed by atoms with Crippen molar-refractivity contribution in [1.82, 2.24) is 4.31 Å². The molecule has 0 saturated heterocycles. The van der Waals surface area contributed by atoms with Crippen LogP contribution in [0.25, 0.3) is 11.1 Å². The Labute approximate surface area is 171 Å². The fourth-order valence-electron chi connectivity index (χ4n) is 3.60. The molecule has 0 saturated carbocycles. The molecular formula is C23H22N2O3S. The maximum atomic E-state index is 12.7. The second-order valence-electron chi connectivity index (χ2n) is 7.33. The van der Waals surface area contributed by atoms with Crippen molar-refractivity contribution in [3.8, 4) is 11.1 Å². The van der Waals surface area contributed by atoms with Crippen LogP contribution < -0.4 is 5.32 Å². The third-order valence-corrected chi connectivity index (χ3v) is 6.99. The third-order valence-electron chi connectivity index (χ3n) is 5.17. The van der Waals surface area contributed by atoms with Crippen LogP contribution in [-0.4, -0.2) is 32.2 Å². The molecule has 29 heavy (non-hydrogen) atoms. The number of amides is 1. The highest BCUT2D eigenvalue weighted by Gasteiger charge is 2.23. The number of carbonyl (C=O) groups excluding carboxylic acids is 1. The third kappa shape index (κ3) is 3.81. The van der Waals surface area contributed by atoms with Gasteiger partial charge in [0.05, 0.1) is 11.4 Å². The Morgan fingerprint density at radius 1 is 0.966 bits per heavy atom. The number of carbonyl (C=O) groups is 1. The second-order valence-corrected chi connectivity index (χ2v) is 9.37. The van der Waals surface area contributed by atoms with Gasteiger partial charge in [0, 0.05) is 12.7 Å². The monoisotopic (exact) mass is 406 g/mol. The number of hydrogen-bond acceptors (Lipinski definition) is 3. The Hall–Kier alpha value is -2.96. The first-order valence-electron chi connectivity index (χ1n) is 9.39. The van der Waals surface area contributed by atoms with E-state index in [-0.39, 0.29) is 17.3 Å². The van der Waals surface area contributed by atoms with Gasteiger partial charge >= 0.3 is 0 Å². The molecule has 0 radical (unpaired) electrons. The molecule has 1 aliphatic carbocycles. The van der Waals surface area contributed by atoms with Gasteiger partial charge in [-0.1, -0.05) is 48.0 Å². The number of anilines is 1. The maximum absolute atomic E-state index is 12.7. The number of aryl methyl sites for hydroxylation is 1. The van der Waals surface area contributed by atoms with E-state index in [0.717, 1.165) is 21.9 Å². The average molecular weight is 407 g/mol. The standard InChI is InChI=1S/C23H22N2O3S/c1-16-7-10-20(11-8-16)29(27,28)25(2)15-23(26)24-19-9-12-22-18(14-19)13-17-5-3-4-6-21(17)22/h3-12,14H,13,15H2,1-2H3,(H,24,26). The molecule has 0 heterocycles. The molecule has 0 spiro atoms. The topological polar surface area (TPSA) is 66.5 Å². The Morgan fingerprint density at radius 3 is 2.41 bits per heavy atom. The highest BCUT2D eigenvalue weighted by Crippen LogP contribution is 2.37. The van der Waals surface area contributed by atoms with Gasteiger partial charge in [-0.3, -0.25) is 4.79 Å². The van der Waals surface area contributed by atoms with Crippen molar-refractivity contribution >= 4 is 21.6 Å². The molecule has 0 aromatic heterocycles. The van der Waals surface area contributed by atoms with Crippen LogP contribution in [0.2, 0.25) is 0 Å². The molecule has 3 aromatic carbocycles. The first kappa shape index (κ1) is 19.4. The first-order valence-corrected chi connectivity index (χ1v) is 10.8. The molecular weight excluding hydrogens is 384 g/mol. The van der Waals surface area contributed by atoms with Gasteiger partial charge in [0.25, 0.3) is 0 Å². The molecule has 0 aliphatic heterocycles. The summed E-state index contributed by atoms with van der Waals surface area (Å²) in [6.45, 7) is 1.64. The number of nitrogens with one attached hydrogen (secondary N) is 1. The molecule has 0 bridgehead atoms. The molecule has 0 fully saturated rings. The lowest BCUT2D eigenvalue weighted by molar-refractivity contribution is -0.116. The molecule has 1 aliphatic rings. The van der Waals surface area contributed by atoms with Gasteiger partial charge in [-0.05, 0) is 59.9 Å². The van der Waals surface area contributed by atoms with Gasteiger partial charge in [-0.15, -0.1) is 0 Å². The second kappa shape index (κ2) is 7.46. The summed E-state index contributed by atoms with van der Waals surface area (Å²) in [4.78, 5) is 12.6. The number of likely N-dealkylation sites (N-methyl/N-ethyl adjacent to an activating group) is 1. The Morgan fingerprint density at radius 2 is 1.66 bits per heavy atom. The maximum Gasteiger partial charge on any atom is 0.243 e. The molecule has 5 nitrogen and oxygen atoms in total. The number of hydrogen-bond donors (Lipinski definition) is 1. The normalized spacial score (nSPS) is 12.5. The van der Waals surface area contributed by atoms with Crippen molar-refractivity contribution in [2.24, 2.45) is 0 Å². The van der Waals surface area contributed by atoms with Crippen LogP contribution in [0.15, 0.2) is 71.6 Å². The summed E-state index contributed by atoms with van der Waals surface area (Å²) in [5.74, 6) is -0.376. The number of rotatable bonds is 5. The summed E-state index contributed by atoms with van der Waals surface area (Å²) in [6, 6.07) is 20.7. The highest BCUT2D eigenvalue weighted by atomic mass is 32.2. The molecule has 3 aromatic rings. The van der Waals surface area contributed by atoms with Gasteiger partial charge in [-0.2, -0.15) is 4.31 Å². The summed E-state index contributed by atoms with van der Waals surface area (Å²) in [6.07, 6.45) is 0.830. The zero-order valence-electron chi connectivity index (χ0n) is 16.3. The molecule has 6 heteroatoms. The highest BCUT2D eigenvalue weighted by molar-refractivity contribution is 7.89. The zero-order chi connectivity index (χ0) is 20.6. The van der Waals surface area contributed by atoms with E-state index in [2.05, 4.69) is 17.4 Å². The number of sulfonamides is 1. The van der Waals surface area contributed by atoms with Crippen molar-refractivity contribution in [3.63, 3.8) is 0 Å². The molecule has 1 N–H and O–H groups in total. The van der Waals surface area contributed by atoms with Crippen LogP contribution in [0.3, 0.4) is 0 Å². The van der Waals surface area contributed by atoms with Gasteiger partial charge < -0.3 is 5.32 Å². The van der Waals surface area contributed by atoms with Crippen LogP contribution in [-0.2, 0) is 21.2 Å². The number of fused-ring (bicyclic) bond motifs is 3. The summed E-state index contributed by atoms with van der Waals surface area (Å²) >= 11 is 0. The zero-order valence-corrected chi connectivity index (χ0v) is 17.2. The Kier molecular flexibility index (Phi) is 4.98. The lowest BCUT2D eigenvalue weighted by Crippen LogP contribution is -2.35. The van der Waals surface area contributed by atoms with Crippen molar-refractivity contribution < 1.29 is 13.2 Å². The quantitative estimate of drug-likeness (QED) is 0.548. The molecule has 0 atom stereocenters. The van der Waals surface area contributed by atoms with E-state index in [1.807, 2.05) is 37.3 Å². The number of nitrogens with zero attached hydrogens (tertiary/aromatic N) is 1. The van der Waals surface area contributed by atoms with Crippen LogP contribution >= 0.6 is 0 Å². The lowest BCUT2D eigenvalue weighted by Gasteiger charge is -2.17. The Balaban J connectivity index is 1.45. The van der Waals surface area contributed by atoms with E-state index >= 15 is 0 Å². The summed E-state index contributed by atoms with van der Waals surface area (Å²) in [5, 5.41) is 2.82. The van der Waals surface area contributed by atoms with Crippen molar-refractivity contribution in [3.05, 3.63) is 83.4 Å². The summed E-state index contributed by atoms with van der Waals surface area (Å²) in [5.41, 5.74) is 6.48. The fraction of sp³-hybridized carbons (Fsp3) is 0.174. The van der Waals surface area contributed by atoms with Crippen molar-refractivity contribution in [2.75, 3.05) is 18.9 Å².